The molecule has 4 heteroatoms. The Labute approximate surface area is 133 Å². The molecular weight excluding hydrogens is 299 g/mol. The summed E-state index contributed by atoms with van der Waals surface area (Å²) in [6.45, 7) is 0. The Morgan fingerprint density at radius 3 is 2.77 bits per heavy atom. The highest BCUT2D eigenvalue weighted by Gasteiger charge is 2.24. The Hall–Kier alpha value is -2.00. The summed E-state index contributed by atoms with van der Waals surface area (Å²) in [6.07, 6.45) is 3.26. The number of halogens is 2. The van der Waals surface area contributed by atoms with Crippen LogP contribution in [0.15, 0.2) is 42.5 Å². The maximum absolute atomic E-state index is 13.0. The van der Waals surface area contributed by atoms with E-state index in [4.69, 9.17) is 11.6 Å². The van der Waals surface area contributed by atoms with Crippen LogP contribution in [0.2, 0.25) is 5.02 Å². The van der Waals surface area contributed by atoms with Gasteiger partial charge < -0.3 is 10.3 Å². The largest absolute Gasteiger partial charge is 0.377 e. The lowest BCUT2D eigenvalue weighted by Gasteiger charge is -2.24. The van der Waals surface area contributed by atoms with Gasteiger partial charge >= 0.3 is 0 Å². The van der Waals surface area contributed by atoms with Crippen LogP contribution >= 0.6 is 11.6 Å². The SMILES string of the molecule is Fc1ccc(N[C@H]2CCCc3c2[nH]c2ccc(Cl)cc32)cc1. The van der Waals surface area contributed by atoms with Crippen LogP contribution in [0, 0.1) is 5.82 Å². The molecule has 2 aromatic carbocycles. The van der Waals surface area contributed by atoms with E-state index in [0.29, 0.717) is 0 Å². The van der Waals surface area contributed by atoms with Gasteiger partial charge in [-0.1, -0.05) is 11.6 Å². The molecule has 1 aromatic heterocycles. The average molecular weight is 315 g/mol. The molecule has 1 aliphatic carbocycles. The van der Waals surface area contributed by atoms with Crippen molar-refractivity contribution in [1.29, 1.82) is 0 Å². The number of anilines is 1. The third-order valence-corrected chi connectivity index (χ3v) is 4.59. The third kappa shape index (κ3) is 2.35. The van der Waals surface area contributed by atoms with E-state index in [1.165, 1.54) is 28.8 Å². The number of benzene rings is 2. The van der Waals surface area contributed by atoms with E-state index >= 15 is 0 Å². The number of nitrogens with one attached hydrogen (secondary N) is 2. The van der Waals surface area contributed by atoms with Crippen molar-refractivity contribution in [3.63, 3.8) is 0 Å². The summed E-state index contributed by atoms with van der Waals surface area (Å²) in [5, 5.41) is 5.49. The molecule has 4 rings (SSSR count). The van der Waals surface area contributed by atoms with Crippen LogP contribution in [0.1, 0.15) is 30.1 Å². The fourth-order valence-corrected chi connectivity index (χ4v) is 3.50. The number of fused-ring (bicyclic) bond motifs is 3. The van der Waals surface area contributed by atoms with Crippen molar-refractivity contribution in [2.45, 2.75) is 25.3 Å². The molecule has 1 aliphatic rings. The van der Waals surface area contributed by atoms with Crippen LogP contribution < -0.4 is 5.32 Å². The summed E-state index contributed by atoms with van der Waals surface area (Å²) in [5.74, 6) is -0.213. The van der Waals surface area contributed by atoms with Gasteiger partial charge in [0.25, 0.3) is 0 Å². The van der Waals surface area contributed by atoms with Gasteiger partial charge in [0.05, 0.1) is 6.04 Å². The average Bonchev–Trinajstić information content (AvgIpc) is 2.89. The minimum absolute atomic E-state index is 0.213. The number of H-pyrrole nitrogens is 1. The second-order valence-corrected chi connectivity index (χ2v) is 6.24. The molecule has 112 valence electrons. The minimum Gasteiger partial charge on any atom is -0.377 e. The highest BCUT2D eigenvalue weighted by molar-refractivity contribution is 6.31. The van der Waals surface area contributed by atoms with Crippen molar-refractivity contribution < 1.29 is 4.39 Å². The first-order valence-electron chi connectivity index (χ1n) is 7.53. The van der Waals surface area contributed by atoms with Crippen molar-refractivity contribution in [1.82, 2.24) is 4.98 Å². The lowest BCUT2D eigenvalue weighted by molar-refractivity contribution is 0.592. The Balaban J connectivity index is 1.72. The maximum atomic E-state index is 13.0. The zero-order valence-corrected chi connectivity index (χ0v) is 12.8. The fourth-order valence-electron chi connectivity index (χ4n) is 3.33. The summed E-state index contributed by atoms with van der Waals surface area (Å²) in [5.41, 5.74) is 4.65. The van der Waals surface area contributed by atoms with Crippen molar-refractivity contribution in [2.75, 3.05) is 5.32 Å². The van der Waals surface area contributed by atoms with Crippen molar-refractivity contribution >= 4 is 28.2 Å². The second-order valence-electron chi connectivity index (χ2n) is 5.80. The first-order chi connectivity index (χ1) is 10.7. The van der Waals surface area contributed by atoms with Gasteiger partial charge in [-0.2, -0.15) is 0 Å². The normalized spacial score (nSPS) is 17.5. The van der Waals surface area contributed by atoms with Crippen LogP contribution in [-0.4, -0.2) is 4.98 Å². The van der Waals surface area contributed by atoms with Crippen LogP contribution in [0.3, 0.4) is 0 Å². The molecular formula is C18H16ClFN2. The Kier molecular flexibility index (Phi) is 3.30. The summed E-state index contributed by atoms with van der Waals surface area (Å²) in [7, 11) is 0. The summed E-state index contributed by atoms with van der Waals surface area (Å²) in [4.78, 5) is 3.53. The topological polar surface area (TPSA) is 27.8 Å². The van der Waals surface area contributed by atoms with Gasteiger partial charge in [0.1, 0.15) is 5.82 Å². The van der Waals surface area contributed by atoms with E-state index in [-0.39, 0.29) is 11.9 Å². The quantitative estimate of drug-likeness (QED) is 0.646. The van der Waals surface area contributed by atoms with Crippen LogP contribution in [-0.2, 0) is 6.42 Å². The molecule has 22 heavy (non-hydrogen) atoms. The molecule has 3 aromatic rings. The molecule has 2 N–H and O–H groups in total. The molecule has 1 heterocycles. The number of aromatic amines is 1. The van der Waals surface area contributed by atoms with Crippen molar-refractivity contribution in [3.05, 3.63) is 64.6 Å². The van der Waals surface area contributed by atoms with E-state index in [2.05, 4.69) is 10.3 Å². The van der Waals surface area contributed by atoms with Crippen molar-refractivity contribution in [2.24, 2.45) is 0 Å². The smallest absolute Gasteiger partial charge is 0.123 e. The first kappa shape index (κ1) is 13.6. The predicted molar refractivity (Wildman–Crippen MR) is 89.0 cm³/mol. The third-order valence-electron chi connectivity index (χ3n) is 4.35. The Bertz CT molecular complexity index is 823. The fraction of sp³-hybridized carbons (Fsp3) is 0.222. The van der Waals surface area contributed by atoms with Gasteiger partial charge in [-0.15, -0.1) is 0 Å². The summed E-state index contributed by atoms with van der Waals surface area (Å²) in [6, 6.07) is 12.7. The zero-order chi connectivity index (χ0) is 15.1. The van der Waals surface area contributed by atoms with Crippen LogP contribution in [0.25, 0.3) is 10.9 Å². The number of hydrogen-bond acceptors (Lipinski definition) is 1. The van der Waals surface area contributed by atoms with Gasteiger partial charge in [0, 0.05) is 27.3 Å². The number of hydrogen-bond donors (Lipinski definition) is 2. The molecule has 0 unspecified atom stereocenters. The molecule has 0 saturated carbocycles. The van der Waals surface area contributed by atoms with Gasteiger partial charge in [-0.3, -0.25) is 0 Å². The van der Waals surface area contributed by atoms with E-state index in [0.717, 1.165) is 35.5 Å². The molecule has 1 atom stereocenters. The zero-order valence-electron chi connectivity index (χ0n) is 12.0. The standard InChI is InChI=1S/C18H16ClFN2/c19-11-4-9-16-15(10-11)14-2-1-3-17(18(14)22-16)21-13-7-5-12(20)6-8-13/h4-10,17,21-22H,1-3H2/t17-/m0/s1. The highest BCUT2D eigenvalue weighted by atomic mass is 35.5. The van der Waals surface area contributed by atoms with E-state index in [9.17, 15) is 4.39 Å². The predicted octanol–water partition coefficient (Wildman–Crippen LogP) is 5.45. The van der Waals surface area contributed by atoms with E-state index < -0.39 is 0 Å². The Morgan fingerprint density at radius 1 is 1.14 bits per heavy atom. The van der Waals surface area contributed by atoms with Crippen LogP contribution in [0.5, 0.6) is 0 Å². The maximum Gasteiger partial charge on any atom is 0.123 e. The number of aromatic nitrogens is 1. The second kappa shape index (κ2) is 5.33. The van der Waals surface area contributed by atoms with Crippen LogP contribution in [0.4, 0.5) is 10.1 Å². The lowest BCUT2D eigenvalue weighted by Crippen LogP contribution is -2.17. The monoisotopic (exact) mass is 314 g/mol. The Morgan fingerprint density at radius 2 is 1.95 bits per heavy atom. The van der Waals surface area contributed by atoms with Gasteiger partial charge in [-0.25, -0.2) is 4.39 Å². The molecule has 0 amide bonds. The number of rotatable bonds is 2. The highest BCUT2D eigenvalue weighted by Crippen LogP contribution is 2.37. The van der Waals surface area contributed by atoms with Gasteiger partial charge in [-0.05, 0) is 67.3 Å². The minimum atomic E-state index is -0.213. The van der Waals surface area contributed by atoms with Gasteiger partial charge in [0.2, 0.25) is 0 Å². The molecule has 0 fully saturated rings. The van der Waals surface area contributed by atoms with Gasteiger partial charge in [0.15, 0.2) is 0 Å². The summed E-state index contributed by atoms with van der Waals surface area (Å²) >= 11 is 6.13. The summed E-state index contributed by atoms with van der Waals surface area (Å²) < 4.78 is 13.0. The first-order valence-corrected chi connectivity index (χ1v) is 7.90. The molecule has 0 aliphatic heterocycles. The molecule has 0 bridgehead atoms. The lowest BCUT2D eigenvalue weighted by atomic mass is 9.91. The molecule has 0 spiro atoms. The van der Waals surface area contributed by atoms with E-state index in [1.807, 2.05) is 18.2 Å². The van der Waals surface area contributed by atoms with Crippen molar-refractivity contribution in [3.8, 4) is 0 Å². The molecule has 2 nitrogen and oxygen atoms in total. The van der Waals surface area contributed by atoms with E-state index in [1.54, 1.807) is 12.1 Å². The molecule has 0 saturated heterocycles. The molecule has 0 radical (unpaired) electrons. The number of aryl methyl sites for hydroxylation is 1.